The van der Waals surface area contributed by atoms with Crippen molar-refractivity contribution in [2.24, 2.45) is 11.8 Å². The second-order valence-corrected chi connectivity index (χ2v) is 9.18. The van der Waals surface area contributed by atoms with Crippen molar-refractivity contribution in [2.75, 3.05) is 18.4 Å². The first-order valence-electron chi connectivity index (χ1n) is 10.3. The van der Waals surface area contributed by atoms with Gasteiger partial charge in [0.15, 0.2) is 5.13 Å². The number of hydrogen-bond acceptors (Lipinski definition) is 6. The fourth-order valence-corrected chi connectivity index (χ4v) is 4.93. The quantitative estimate of drug-likeness (QED) is 0.703. The standard InChI is InChI=1S/C22H26N4O3S/c1-14-13-23-22(30-14)25-19-8-4-7-18(24-19)15-9-11-26(12-10-15)20(27)16-5-2-3-6-17(16)21(28)29/h2-4,7-8,13,15-17H,5-6,9-12H2,1H3,(H,28,29)(H,23,24,25)/t16-,17+/m0/s1. The molecule has 1 aliphatic carbocycles. The van der Waals surface area contributed by atoms with Crippen LogP contribution in [0.15, 0.2) is 36.5 Å². The first kappa shape index (κ1) is 20.5. The molecule has 158 valence electrons. The fourth-order valence-electron chi connectivity index (χ4n) is 4.26. The number of allylic oxidation sites excluding steroid dienone is 2. The van der Waals surface area contributed by atoms with Crippen molar-refractivity contribution in [3.63, 3.8) is 0 Å². The third kappa shape index (κ3) is 4.53. The number of anilines is 2. The van der Waals surface area contributed by atoms with Crippen LogP contribution < -0.4 is 5.32 Å². The van der Waals surface area contributed by atoms with E-state index in [-0.39, 0.29) is 11.8 Å². The molecule has 1 aliphatic heterocycles. The van der Waals surface area contributed by atoms with E-state index >= 15 is 0 Å². The Labute approximate surface area is 179 Å². The van der Waals surface area contributed by atoms with Gasteiger partial charge in [-0.25, -0.2) is 9.97 Å². The topological polar surface area (TPSA) is 95.4 Å². The molecule has 2 atom stereocenters. The number of amides is 1. The first-order chi connectivity index (χ1) is 14.5. The Hall–Kier alpha value is -2.74. The molecule has 0 bridgehead atoms. The summed E-state index contributed by atoms with van der Waals surface area (Å²) in [5.74, 6) is -0.895. The van der Waals surface area contributed by atoms with Crippen LogP contribution >= 0.6 is 11.3 Å². The normalized spacial score (nSPS) is 22.1. The molecule has 8 heteroatoms. The maximum absolute atomic E-state index is 13.0. The molecule has 0 unspecified atom stereocenters. The van der Waals surface area contributed by atoms with E-state index in [4.69, 9.17) is 4.98 Å². The number of carboxylic acids is 1. The number of nitrogens with zero attached hydrogens (tertiary/aromatic N) is 3. The number of thiazole rings is 1. The highest BCUT2D eigenvalue weighted by atomic mass is 32.1. The molecular formula is C22H26N4O3S. The zero-order valence-electron chi connectivity index (χ0n) is 17.0. The molecule has 0 aromatic carbocycles. The van der Waals surface area contributed by atoms with Crippen molar-refractivity contribution >= 4 is 34.2 Å². The maximum atomic E-state index is 13.0. The lowest BCUT2D eigenvalue weighted by atomic mass is 9.81. The number of carbonyl (C=O) groups excluding carboxylic acids is 1. The summed E-state index contributed by atoms with van der Waals surface area (Å²) in [4.78, 5) is 36.6. The molecule has 4 rings (SSSR count). The minimum Gasteiger partial charge on any atom is -0.481 e. The number of pyridine rings is 1. The van der Waals surface area contributed by atoms with Crippen molar-refractivity contribution in [3.05, 3.63) is 47.1 Å². The third-order valence-corrected chi connectivity index (χ3v) is 6.75. The van der Waals surface area contributed by atoms with Crippen LogP contribution in [0.3, 0.4) is 0 Å². The van der Waals surface area contributed by atoms with Crippen LogP contribution in [0.25, 0.3) is 0 Å². The minimum atomic E-state index is -0.878. The van der Waals surface area contributed by atoms with Gasteiger partial charge in [-0.1, -0.05) is 18.2 Å². The molecule has 3 heterocycles. The molecule has 0 radical (unpaired) electrons. The van der Waals surface area contributed by atoms with Crippen LogP contribution in [0.4, 0.5) is 10.9 Å². The molecule has 1 fully saturated rings. The molecule has 2 aliphatic rings. The van der Waals surface area contributed by atoms with E-state index in [9.17, 15) is 14.7 Å². The molecule has 30 heavy (non-hydrogen) atoms. The Morgan fingerprint density at radius 3 is 2.57 bits per heavy atom. The van der Waals surface area contributed by atoms with E-state index in [1.165, 1.54) is 0 Å². The molecular weight excluding hydrogens is 400 g/mol. The van der Waals surface area contributed by atoms with E-state index < -0.39 is 17.8 Å². The van der Waals surface area contributed by atoms with Gasteiger partial charge in [-0.15, -0.1) is 11.3 Å². The number of aliphatic carboxylic acids is 1. The summed E-state index contributed by atoms with van der Waals surface area (Å²) in [5, 5.41) is 13.5. The highest BCUT2D eigenvalue weighted by Crippen LogP contribution is 2.32. The van der Waals surface area contributed by atoms with E-state index in [0.29, 0.717) is 25.9 Å². The molecule has 0 saturated carbocycles. The number of aromatic nitrogens is 2. The number of piperidine rings is 1. The molecule has 0 spiro atoms. The molecule has 1 amide bonds. The van der Waals surface area contributed by atoms with Gasteiger partial charge >= 0.3 is 5.97 Å². The highest BCUT2D eigenvalue weighted by molar-refractivity contribution is 7.15. The van der Waals surface area contributed by atoms with E-state index in [2.05, 4.69) is 10.3 Å². The second kappa shape index (κ2) is 8.95. The lowest BCUT2D eigenvalue weighted by molar-refractivity contribution is -0.151. The average molecular weight is 427 g/mol. The summed E-state index contributed by atoms with van der Waals surface area (Å²) >= 11 is 1.59. The van der Waals surface area contributed by atoms with Gasteiger partial charge in [0.1, 0.15) is 5.82 Å². The number of nitrogens with one attached hydrogen (secondary N) is 1. The predicted octanol–water partition coefficient (Wildman–Crippen LogP) is 3.96. The Morgan fingerprint density at radius 2 is 1.90 bits per heavy atom. The summed E-state index contributed by atoms with van der Waals surface area (Å²) in [6.45, 7) is 3.30. The molecule has 2 N–H and O–H groups in total. The van der Waals surface area contributed by atoms with E-state index in [0.717, 1.165) is 34.4 Å². The van der Waals surface area contributed by atoms with Crippen molar-refractivity contribution in [2.45, 2.75) is 38.5 Å². The minimum absolute atomic E-state index is 0.0206. The maximum Gasteiger partial charge on any atom is 0.307 e. The zero-order chi connectivity index (χ0) is 21.1. The summed E-state index contributed by atoms with van der Waals surface area (Å²) in [6.07, 6.45) is 8.25. The van der Waals surface area contributed by atoms with Gasteiger partial charge < -0.3 is 15.3 Å². The molecule has 2 aromatic heterocycles. The van der Waals surface area contributed by atoms with Gasteiger partial charge in [0.05, 0.1) is 11.8 Å². The van der Waals surface area contributed by atoms with Crippen molar-refractivity contribution in [1.82, 2.24) is 14.9 Å². The van der Waals surface area contributed by atoms with Gasteiger partial charge in [0, 0.05) is 35.8 Å². The number of rotatable bonds is 5. The average Bonchev–Trinajstić information content (AvgIpc) is 3.18. The van der Waals surface area contributed by atoms with Gasteiger partial charge in [-0.2, -0.15) is 0 Å². The van der Waals surface area contributed by atoms with Crippen LogP contribution in [0.5, 0.6) is 0 Å². The van der Waals surface area contributed by atoms with Crippen molar-refractivity contribution < 1.29 is 14.7 Å². The lowest BCUT2D eigenvalue weighted by Crippen LogP contribution is -2.45. The van der Waals surface area contributed by atoms with E-state index in [1.807, 2.05) is 48.4 Å². The van der Waals surface area contributed by atoms with Gasteiger partial charge in [-0.05, 0) is 44.7 Å². The molecule has 2 aromatic rings. The second-order valence-electron chi connectivity index (χ2n) is 7.94. The largest absolute Gasteiger partial charge is 0.481 e. The smallest absolute Gasteiger partial charge is 0.307 e. The highest BCUT2D eigenvalue weighted by Gasteiger charge is 2.37. The molecule has 7 nitrogen and oxygen atoms in total. The van der Waals surface area contributed by atoms with Crippen molar-refractivity contribution in [1.29, 1.82) is 0 Å². The SMILES string of the molecule is Cc1cnc(Nc2cccc(C3CCN(C(=O)[C@H]4CC=CC[C@H]4C(=O)O)CC3)n2)s1. The number of hydrogen-bond donors (Lipinski definition) is 2. The van der Waals surface area contributed by atoms with Crippen molar-refractivity contribution in [3.8, 4) is 0 Å². The predicted molar refractivity (Wildman–Crippen MR) is 116 cm³/mol. The Balaban J connectivity index is 1.37. The lowest BCUT2D eigenvalue weighted by Gasteiger charge is -2.36. The van der Waals surface area contributed by atoms with Crippen LogP contribution in [0.2, 0.25) is 0 Å². The Morgan fingerprint density at radius 1 is 1.17 bits per heavy atom. The van der Waals surface area contributed by atoms with Crippen LogP contribution in [-0.2, 0) is 9.59 Å². The number of carboxylic acid groups (broad SMARTS) is 1. The van der Waals surface area contributed by atoms with Gasteiger partial charge in [0.2, 0.25) is 5.91 Å². The zero-order valence-corrected chi connectivity index (χ0v) is 17.8. The van der Waals surface area contributed by atoms with Gasteiger partial charge in [-0.3, -0.25) is 9.59 Å². The third-order valence-electron chi connectivity index (χ3n) is 5.92. The summed E-state index contributed by atoms with van der Waals surface area (Å²) in [6, 6.07) is 5.96. The Kier molecular flexibility index (Phi) is 6.13. The Bertz CT molecular complexity index is 949. The number of aryl methyl sites for hydroxylation is 1. The van der Waals surface area contributed by atoms with Crippen LogP contribution in [0.1, 0.15) is 42.2 Å². The van der Waals surface area contributed by atoms with Gasteiger partial charge in [0.25, 0.3) is 0 Å². The summed E-state index contributed by atoms with van der Waals surface area (Å²) in [7, 11) is 0. The van der Waals surface area contributed by atoms with Crippen LogP contribution in [-0.4, -0.2) is 44.9 Å². The fraction of sp³-hybridized carbons (Fsp3) is 0.455. The number of carbonyl (C=O) groups is 2. The monoisotopic (exact) mass is 426 g/mol. The summed E-state index contributed by atoms with van der Waals surface area (Å²) < 4.78 is 0. The number of likely N-dealkylation sites (tertiary alicyclic amines) is 1. The van der Waals surface area contributed by atoms with E-state index in [1.54, 1.807) is 11.3 Å². The van der Waals surface area contributed by atoms with Crippen LogP contribution in [0, 0.1) is 18.8 Å². The summed E-state index contributed by atoms with van der Waals surface area (Å²) in [5.41, 5.74) is 1.02. The first-order valence-corrected chi connectivity index (χ1v) is 11.2. The molecule has 1 saturated heterocycles.